The predicted molar refractivity (Wildman–Crippen MR) is 223 cm³/mol. The summed E-state index contributed by atoms with van der Waals surface area (Å²) in [5, 5.41) is 123. The second-order valence-corrected chi connectivity index (χ2v) is 17.4. The largest absolute Gasteiger partial charge is 0.477 e. The van der Waals surface area contributed by atoms with E-state index in [-0.39, 0.29) is 12.6 Å². The fourth-order valence-electron chi connectivity index (χ4n) is 8.54. The van der Waals surface area contributed by atoms with E-state index in [2.05, 4.69) is 15.4 Å². The average molecular weight is 990 g/mol. The lowest BCUT2D eigenvalue weighted by Crippen LogP contribution is -2.72. The second-order valence-electron chi connectivity index (χ2n) is 17.4. The Morgan fingerprint density at radius 1 is 0.735 bits per heavy atom. The zero-order valence-corrected chi connectivity index (χ0v) is 38.3. The molecule has 21 atom stereocenters. The van der Waals surface area contributed by atoms with Gasteiger partial charge in [0.1, 0.15) is 79.3 Å². The molecule has 4 heterocycles. The highest BCUT2D eigenvalue weighted by Gasteiger charge is 2.61. The van der Waals surface area contributed by atoms with E-state index in [1.165, 1.54) is 14.0 Å². The standard InChI is InChI=1S/C41H71N3O24/c1-17-28(53)31(56)25(42)37(62-17)65-33-23(16-47)64-38(61-12-10-8-6-5-7-9-11-24(52)60-4)27(44-19(3)49)35(33)66-39-32(57)36(30(55)22(15-46)63-39)68-41(40(58)59)13-20(50)26(43-18(2)48)34(67-41)29(54)21(51)14-45/h17,20-23,25-39,45-47,50-51,53-57H,5-16,42H2,1-4H3,(H,43,48)(H,44,49)(H,58,59)/t17?,20?,21?,22?,23?,25?,26-,27?,28+,29?,30-,31?,32?,33?,34?,35+,36?,37+,38?,39?,41+/m1/s1. The second kappa shape index (κ2) is 26.5. The Balaban J connectivity index is 1.69. The highest BCUT2D eigenvalue weighted by Crippen LogP contribution is 2.39. The molecule has 4 aliphatic rings. The molecule has 0 bridgehead atoms. The third-order valence-corrected chi connectivity index (χ3v) is 12.3. The van der Waals surface area contributed by atoms with Gasteiger partial charge in [0.2, 0.25) is 11.8 Å². The summed E-state index contributed by atoms with van der Waals surface area (Å²) in [6.45, 7) is 0.674. The van der Waals surface area contributed by atoms with E-state index in [1.54, 1.807) is 0 Å². The van der Waals surface area contributed by atoms with Crippen molar-refractivity contribution in [2.24, 2.45) is 5.73 Å². The number of aliphatic hydroxyl groups excluding tert-OH is 10. The van der Waals surface area contributed by atoms with E-state index in [4.69, 9.17) is 43.6 Å². The normalized spacial score (nSPS) is 39.6. The molecule has 0 aromatic heterocycles. The van der Waals surface area contributed by atoms with Crippen LogP contribution in [0.1, 0.15) is 72.1 Å². The van der Waals surface area contributed by atoms with Gasteiger partial charge in [-0.15, -0.1) is 0 Å². The number of esters is 1. The molecular weight excluding hydrogens is 918 g/mol. The lowest BCUT2D eigenvalue weighted by molar-refractivity contribution is -0.387. The van der Waals surface area contributed by atoms with E-state index >= 15 is 0 Å². The Morgan fingerprint density at radius 2 is 1.32 bits per heavy atom. The van der Waals surface area contributed by atoms with Crippen molar-refractivity contribution in [3.05, 3.63) is 0 Å². The number of amides is 2. The van der Waals surface area contributed by atoms with Crippen molar-refractivity contribution < 1.29 is 118 Å². The highest BCUT2D eigenvalue weighted by molar-refractivity contribution is 5.77. The molecule has 0 radical (unpaired) electrons. The maximum atomic E-state index is 13.1. The van der Waals surface area contributed by atoms with E-state index in [0.29, 0.717) is 25.7 Å². The van der Waals surface area contributed by atoms with Crippen molar-refractivity contribution in [1.29, 1.82) is 0 Å². The topological polar surface area (TPSA) is 424 Å². The molecule has 15 N–H and O–H groups in total. The third kappa shape index (κ3) is 14.4. The first-order valence-electron chi connectivity index (χ1n) is 22.6. The molecule has 0 spiro atoms. The number of carboxylic acids is 1. The van der Waals surface area contributed by atoms with Crippen LogP contribution in [0.4, 0.5) is 0 Å². The van der Waals surface area contributed by atoms with Crippen LogP contribution in [-0.4, -0.2) is 242 Å². The lowest BCUT2D eigenvalue weighted by Gasteiger charge is -2.52. The Kier molecular flexibility index (Phi) is 22.5. The molecule has 0 aromatic rings. The first-order chi connectivity index (χ1) is 32.1. The van der Waals surface area contributed by atoms with Crippen molar-refractivity contribution in [1.82, 2.24) is 10.6 Å². The predicted octanol–water partition coefficient (Wildman–Crippen LogP) is -6.33. The van der Waals surface area contributed by atoms with Crippen LogP contribution in [0.25, 0.3) is 0 Å². The number of hydrogen-bond donors (Lipinski definition) is 14. The molecule has 4 rings (SSSR count). The Labute approximate surface area is 391 Å². The molecule has 0 aliphatic carbocycles. The minimum atomic E-state index is -3.12. The van der Waals surface area contributed by atoms with Gasteiger partial charge in [-0.3, -0.25) is 14.4 Å². The molecule has 0 aromatic carbocycles. The van der Waals surface area contributed by atoms with Crippen LogP contribution in [0.2, 0.25) is 0 Å². The number of aliphatic carboxylic acids is 1. The quantitative estimate of drug-likeness (QED) is 0.0316. The molecule has 4 aliphatic heterocycles. The fraction of sp³-hybridized carbons (Fsp3) is 0.902. The molecule has 68 heavy (non-hydrogen) atoms. The van der Waals surface area contributed by atoms with Gasteiger partial charge < -0.3 is 115 Å². The fourth-order valence-corrected chi connectivity index (χ4v) is 8.54. The smallest absolute Gasteiger partial charge is 0.364 e. The number of hydrogen-bond acceptors (Lipinski definition) is 24. The Morgan fingerprint density at radius 3 is 1.91 bits per heavy atom. The summed E-state index contributed by atoms with van der Waals surface area (Å²) in [4.78, 5) is 49.4. The maximum absolute atomic E-state index is 13.1. The average Bonchev–Trinajstić information content (AvgIpc) is 3.30. The van der Waals surface area contributed by atoms with Crippen molar-refractivity contribution >= 4 is 23.8 Å². The van der Waals surface area contributed by atoms with Gasteiger partial charge in [0.15, 0.2) is 18.9 Å². The number of ether oxygens (including phenoxy) is 9. The van der Waals surface area contributed by atoms with Crippen molar-refractivity contribution in [2.45, 2.75) is 200 Å². The van der Waals surface area contributed by atoms with Gasteiger partial charge in [-0.2, -0.15) is 0 Å². The van der Waals surface area contributed by atoms with Crippen molar-refractivity contribution in [2.75, 3.05) is 33.5 Å². The van der Waals surface area contributed by atoms with Crippen LogP contribution < -0.4 is 16.4 Å². The molecule has 4 fully saturated rings. The summed E-state index contributed by atoms with van der Waals surface area (Å²) in [6, 6.07) is -4.47. The minimum Gasteiger partial charge on any atom is -0.477 e. The van der Waals surface area contributed by atoms with Gasteiger partial charge in [-0.25, -0.2) is 4.79 Å². The first-order valence-corrected chi connectivity index (χ1v) is 22.6. The van der Waals surface area contributed by atoms with E-state index in [9.17, 15) is 75.3 Å². The van der Waals surface area contributed by atoms with Gasteiger partial charge >= 0.3 is 11.9 Å². The zero-order valence-electron chi connectivity index (χ0n) is 38.3. The molecule has 27 heteroatoms. The minimum absolute atomic E-state index is 0.0334. The van der Waals surface area contributed by atoms with Gasteiger partial charge in [0, 0.05) is 33.3 Å². The van der Waals surface area contributed by atoms with Gasteiger partial charge in [0.05, 0.1) is 51.2 Å². The number of rotatable bonds is 24. The van der Waals surface area contributed by atoms with Crippen LogP contribution >= 0.6 is 0 Å². The number of nitrogens with one attached hydrogen (secondary N) is 2. The summed E-state index contributed by atoms with van der Waals surface area (Å²) in [5.41, 5.74) is 6.22. The van der Waals surface area contributed by atoms with Gasteiger partial charge in [-0.1, -0.05) is 25.7 Å². The number of carbonyl (C=O) groups excluding carboxylic acids is 3. The van der Waals surface area contributed by atoms with Crippen LogP contribution in [0.3, 0.4) is 0 Å². The van der Waals surface area contributed by atoms with Crippen LogP contribution in [0, 0.1) is 0 Å². The van der Waals surface area contributed by atoms with Crippen LogP contribution in [0.5, 0.6) is 0 Å². The van der Waals surface area contributed by atoms with Crippen LogP contribution in [-0.2, 0) is 61.8 Å². The first kappa shape index (κ1) is 57.7. The summed E-state index contributed by atoms with van der Waals surface area (Å²) >= 11 is 0. The van der Waals surface area contributed by atoms with E-state index < -0.39 is 172 Å². The molecule has 0 saturated carbocycles. The van der Waals surface area contributed by atoms with Gasteiger partial charge in [-0.05, 0) is 19.8 Å². The van der Waals surface area contributed by atoms with Gasteiger partial charge in [0.25, 0.3) is 5.79 Å². The SMILES string of the molecule is COC(=O)CCCCCCCCOC1OC(CO)C(O[C@@H]2OC(C)[C@H](O)C(O)C2N)[C@@H](OC2OC(CO)[C@@H](O)C(O[C@]3(C(=O)O)CC(O)[C@@H](NC(C)=O)C(C(O)C(O)CO)O3)C2O)C1NC(C)=O. The molecule has 15 unspecified atom stereocenters. The Hall–Kier alpha value is -2.88. The van der Waals surface area contributed by atoms with E-state index in [1.807, 2.05) is 0 Å². The maximum Gasteiger partial charge on any atom is 0.364 e. The monoisotopic (exact) mass is 989 g/mol. The van der Waals surface area contributed by atoms with Crippen LogP contribution in [0.15, 0.2) is 0 Å². The van der Waals surface area contributed by atoms with E-state index in [0.717, 1.165) is 33.1 Å². The number of carbonyl (C=O) groups is 4. The number of nitrogens with two attached hydrogens (primary N) is 1. The Bertz CT molecular complexity index is 1600. The van der Waals surface area contributed by atoms with Crippen molar-refractivity contribution in [3.63, 3.8) is 0 Å². The summed E-state index contributed by atoms with van der Waals surface area (Å²) in [7, 11) is 1.32. The molecule has 27 nitrogen and oxygen atoms in total. The number of carboxylic acid groups (broad SMARTS) is 1. The number of methoxy groups -OCH3 is 1. The summed E-state index contributed by atoms with van der Waals surface area (Å²) in [5.74, 6) is -6.88. The number of aliphatic hydroxyl groups is 10. The zero-order chi connectivity index (χ0) is 50.6. The summed E-state index contributed by atoms with van der Waals surface area (Å²) in [6.07, 6.45) is -27.0. The summed E-state index contributed by atoms with van der Waals surface area (Å²) < 4.78 is 52.6. The molecular formula is C41H71N3O24. The third-order valence-electron chi connectivity index (χ3n) is 12.3. The highest BCUT2D eigenvalue weighted by atomic mass is 16.8. The lowest BCUT2D eigenvalue weighted by atomic mass is 9.88. The molecule has 2 amide bonds. The molecule has 394 valence electrons. The molecule has 4 saturated heterocycles. The number of unbranched alkanes of at least 4 members (excludes halogenated alkanes) is 5. The van der Waals surface area contributed by atoms with Crippen molar-refractivity contribution in [3.8, 4) is 0 Å².